The molecule has 0 unspecified atom stereocenters. The van der Waals surface area contributed by atoms with Crippen LogP contribution in [0.1, 0.15) is 12.5 Å². The van der Waals surface area contributed by atoms with Gasteiger partial charge in [0.05, 0.1) is 18.1 Å². The normalized spacial score (nSPS) is 11.9. The summed E-state index contributed by atoms with van der Waals surface area (Å²) < 4.78 is 0. The smallest absolute Gasteiger partial charge is 0.270 e. The molecule has 0 aliphatic carbocycles. The van der Waals surface area contributed by atoms with Gasteiger partial charge in [-0.3, -0.25) is 15.1 Å². The van der Waals surface area contributed by atoms with Gasteiger partial charge in [-0.2, -0.15) is 0 Å². The van der Waals surface area contributed by atoms with Gasteiger partial charge in [0.25, 0.3) is 5.69 Å². The van der Waals surface area contributed by atoms with Crippen molar-refractivity contribution < 1.29 is 15.1 Å². The minimum Gasteiger partial charge on any atom is -0.394 e. The summed E-state index contributed by atoms with van der Waals surface area (Å²) in [6, 6.07) is 5.97. The lowest BCUT2D eigenvalue weighted by atomic mass is 10.1. The average molecular weight is 238 g/mol. The van der Waals surface area contributed by atoms with E-state index in [4.69, 9.17) is 10.2 Å². The Morgan fingerprint density at radius 3 is 2.65 bits per heavy atom. The van der Waals surface area contributed by atoms with Gasteiger partial charge in [-0.1, -0.05) is 12.1 Å². The summed E-state index contributed by atoms with van der Waals surface area (Å²) >= 11 is 0. The molecule has 92 valence electrons. The Labute approximate surface area is 98.4 Å². The van der Waals surface area contributed by atoms with Crippen LogP contribution in [0.5, 0.6) is 0 Å². The summed E-state index contributed by atoms with van der Waals surface area (Å²) in [7, 11) is 0. The molecule has 0 bridgehead atoms. The molecule has 0 radical (unpaired) electrons. The van der Waals surface area contributed by atoms with Crippen molar-refractivity contribution >= 4 is 11.9 Å². The Bertz CT molecular complexity index is 427. The molecule has 1 aromatic carbocycles. The predicted molar refractivity (Wildman–Crippen MR) is 63.3 cm³/mol. The third-order valence-electron chi connectivity index (χ3n) is 2.29. The van der Waals surface area contributed by atoms with E-state index >= 15 is 0 Å². The Balaban J connectivity index is 2.91. The van der Waals surface area contributed by atoms with Crippen LogP contribution < -0.4 is 0 Å². The Morgan fingerprint density at radius 2 is 2.12 bits per heavy atom. The Hall–Kier alpha value is -1.79. The van der Waals surface area contributed by atoms with E-state index in [1.165, 1.54) is 18.3 Å². The predicted octanol–water partition coefficient (Wildman–Crippen LogP) is 0.757. The van der Waals surface area contributed by atoms with Gasteiger partial charge in [0.1, 0.15) is 5.54 Å². The van der Waals surface area contributed by atoms with Crippen LogP contribution in [-0.2, 0) is 0 Å². The lowest BCUT2D eigenvalue weighted by molar-refractivity contribution is -0.384. The van der Waals surface area contributed by atoms with Crippen LogP contribution in [0.3, 0.4) is 0 Å². The van der Waals surface area contributed by atoms with Crippen LogP contribution in [0.4, 0.5) is 5.69 Å². The first-order valence-electron chi connectivity index (χ1n) is 5.02. The maximum atomic E-state index is 10.5. The molecule has 0 aliphatic rings. The third-order valence-corrected chi connectivity index (χ3v) is 2.29. The van der Waals surface area contributed by atoms with E-state index in [1.54, 1.807) is 19.1 Å². The number of nitro groups is 1. The number of hydrogen-bond donors (Lipinski definition) is 2. The number of hydrogen-bond acceptors (Lipinski definition) is 5. The van der Waals surface area contributed by atoms with Crippen molar-refractivity contribution in [2.75, 3.05) is 13.2 Å². The van der Waals surface area contributed by atoms with E-state index < -0.39 is 10.5 Å². The molecular weight excluding hydrogens is 224 g/mol. The highest BCUT2D eigenvalue weighted by Gasteiger charge is 2.19. The standard InChI is InChI=1S/C11H14N2O4/c1-11(7-14,8-15)12-6-9-3-2-4-10(5-9)13(16)17/h2-6,14-15H,7-8H2,1H3. The highest BCUT2D eigenvalue weighted by Crippen LogP contribution is 2.13. The fraction of sp³-hybridized carbons (Fsp3) is 0.364. The number of aliphatic hydroxyl groups is 2. The second kappa shape index (κ2) is 5.51. The molecule has 0 spiro atoms. The fourth-order valence-corrected chi connectivity index (χ4v) is 1.08. The molecule has 1 aromatic rings. The number of non-ortho nitro benzene ring substituents is 1. The van der Waals surface area contributed by atoms with Gasteiger partial charge < -0.3 is 10.2 Å². The molecule has 0 amide bonds. The van der Waals surface area contributed by atoms with Gasteiger partial charge in [-0.25, -0.2) is 0 Å². The number of aliphatic hydroxyl groups excluding tert-OH is 2. The molecule has 0 aliphatic heterocycles. The first-order chi connectivity index (χ1) is 8.00. The molecule has 0 aromatic heterocycles. The SMILES string of the molecule is CC(CO)(CO)N=Cc1cccc([N+](=O)[O-])c1. The van der Waals surface area contributed by atoms with Gasteiger partial charge in [-0.05, 0) is 12.5 Å². The number of nitrogens with zero attached hydrogens (tertiary/aromatic N) is 2. The van der Waals surface area contributed by atoms with E-state index in [1.807, 2.05) is 0 Å². The van der Waals surface area contributed by atoms with E-state index in [2.05, 4.69) is 4.99 Å². The van der Waals surface area contributed by atoms with Crippen LogP contribution in [0.25, 0.3) is 0 Å². The first-order valence-corrected chi connectivity index (χ1v) is 5.02. The second-order valence-corrected chi connectivity index (χ2v) is 3.92. The zero-order chi connectivity index (χ0) is 12.9. The molecule has 0 saturated heterocycles. The molecule has 0 atom stereocenters. The van der Waals surface area contributed by atoms with E-state index in [9.17, 15) is 10.1 Å². The summed E-state index contributed by atoms with van der Waals surface area (Å²) in [5.74, 6) is 0. The highest BCUT2D eigenvalue weighted by molar-refractivity contribution is 5.81. The molecule has 6 heteroatoms. The fourth-order valence-electron chi connectivity index (χ4n) is 1.08. The van der Waals surface area contributed by atoms with E-state index in [0.29, 0.717) is 5.56 Å². The number of rotatable bonds is 5. The zero-order valence-corrected chi connectivity index (χ0v) is 9.41. The van der Waals surface area contributed by atoms with Crippen LogP contribution >= 0.6 is 0 Å². The van der Waals surface area contributed by atoms with Gasteiger partial charge in [0.15, 0.2) is 0 Å². The highest BCUT2D eigenvalue weighted by atomic mass is 16.6. The lowest BCUT2D eigenvalue weighted by Gasteiger charge is -2.18. The monoisotopic (exact) mass is 238 g/mol. The minimum absolute atomic E-state index is 0.0244. The molecule has 6 nitrogen and oxygen atoms in total. The minimum atomic E-state index is -0.968. The van der Waals surface area contributed by atoms with Crippen molar-refractivity contribution in [3.63, 3.8) is 0 Å². The summed E-state index contributed by atoms with van der Waals surface area (Å²) in [6.45, 7) is 0.991. The number of aliphatic imine (C=N–C) groups is 1. The number of benzene rings is 1. The quantitative estimate of drug-likeness (QED) is 0.449. The summed E-state index contributed by atoms with van der Waals surface area (Å²) in [5, 5.41) is 28.6. The maximum Gasteiger partial charge on any atom is 0.270 e. The van der Waals surface area contributed by atoms with Gasteiger partial charge in [0, 0.05) is 18.3 Å². The van der Waals surface area contributed by atoms with Crippen LogP contribution in [0.2, 0.25) is 0 Å². The van der Waals surface area contributed by atoms with Crippen molar-refractivity contribution in [2.45, 2.75) is 12.5 Å². The Kier molecular flexibility index (Phi) is 4.30. The molecule has 17 heavy (non-hydrogen) atoms. The summed E-state index contributed by atoms with van der Waals surface area (Å²) in [5.41, 5.74) is -0.444. The van der Waals surface area contributed by atoms with Gasteiger partial charge in [-0.15, -0.1) is 0 Å². The Morgan fingerprint density at radius 1 is 1.47 bits per heavy atom. The van der Waals surface area contributed by atoms with Crippen molar-refractivity contribution in [2.24, 2.45) is 4.99 Å². The molecule has 1 rings (SSSR count). The number of nitro benzene ring substituents is 1. The molecule has 2 N–H and O–H groups in total. The van der Waals surface area contributed by atoms with Crippen molar-refractivity contribution in [3.8, 4) is 0 Å². The largest absolute Gasteiger partial charge is 0.394 e. The molecule has 0 fully saturated rings. The average Bonchev–Trinajstić information content (AvgIpc) is 2.36. The van der Waals surface area contributed by atoms with Crippen molar-refractivity contribution in [3.05, 3.63) is 39.9 Å². The third kappa shape index (κ3) is 3.61. The molecular formula is C11H14N2O4. The molecule has 0 saturated carbocycles. The zero-order valence-electron chi connectivity index (χ0n) is 9.41. The van der Waals surface area contributed by atoms with Crippen LogP contribution in [-0.4, -0.2) is 40.1 Å². The molecule has 0 heterocycles. The lowest BCUT2D eigenvalue weighted by Crippen LogP contribution is -2.31. The summed E-state index contributed by atoms with van der Waals surface area (Å²) in [4.78, 5) is 14.1. The van der Waals surface area contributed by atoms with Crippen molar-refractivity contribution in [1.82, 2.24) is 0 Å². The van der Waals surface area contributed by atoms with E-state index in [-0.39, 0.29) is 18.9 Å². The summed E-state index contributed by atoms with van der Waals surface area (Å²) in [6.07, 6.45) is 1.40. The van der Waals surface area contributed by atoms with E-state index in [0.717, 1.165) is 0 Å². The first kappa shape index (κ1) is 13.3. The topological polar surface area (TPSA) is 96.0 Å². The van der Waals surface area contributed by atoms with Gasteiger partial charge in [0.2, 0.25) is 0 Å². The van der Waals surface area contributed by atoms with Crippen molar-refractivity contribution in [1.29, 1.82) is 0 Å². The maximum absolute atomic E-state index is 10.5. The van der Waals surface area contributed by atoms with Crippen LogP contribution in [0.15, 0.2) is 29.3 Å². The van der Waals surface area contributed by atoms with Gasteiger partial charge >= 0.3 is 0 Å². The van der Waals surface area contributed by atoms with Crippen LogP contribution in [0, 0.1) is 10.1 Å². The second-order valence-electron chi connectivity index (χ2n) is 3.92.